The Labute approximate surface area is 128 Å². The van der Waals surface area contributed by atoms with Gasteiger partial charge in [0.1, 0.15) is 5.60 Å². The third-order valence-corrected chi connectivity index (χ3v) is 2.46. The standard InChI is InChI=1S/C14H18N4O4/c1-9-10(8-17-12(15)11(9)18(20)21)6-5-7-16-13(19)22-14(2,3)4/h8H,7H2,1-4H3,(H2,15,17)(H,16,19). The Morgan fingerprint density at radius 3 is 2.73 bits per heavy atom. The van der Waals surface area contributed by atoms with Gasteiger partial charge in [-0.3, -0.25) is 10.1 Å². The Morgan fingerprint density at radius 1 is 1.55 bits per heavy atom. The minimum atomic E-state index is -0.595. The fourth-order valence-electron chi connectivity index (χ4n) is 1.54. The third-order valence-electron chi connectivity index (χ3n) is 2.46. The molecule has 1 aromatic rings. The zero-order chi connectivity index (χ0) is 16.9. The first kappa shape index (κ1) is 17.2. The maximum absolute atomic E-state index is 11.4. The van der Waals surface area contributed by atoms with Gasteiger partial charge in [-0.2, -0.15) is 0 Å². The summed E-state index contributed by atoms with van der Waals surface area (Å²) in [6.45, 7) is 6.84. The number of anilines is 1. The van der Waals surface area contributed by atoms with Crippen LogP contribution in [0.15, 0.2) is 6.20 Å². The first-order chi connectivity index (χ1) is 10.1. The summed E-state index contributed by atoms with van der Waals surface area (Å²) in [5, 5.41) is 13.4. The van der Waals surface area contributed by atoms with Crippen molar-refractivity contribution in [3.05, 3.63) is 27.4 Å². The van der Waals surface area contributed by atoms with E-state index in [2.05, 4.69) is 22.1 Å². The average molecular weight is 306 g/mol. The van der Waals surface area contributed by atoms with E-state index < -0.39 is 16.6 Å². The van der Waals surface area contributed by atoms with E-state index in [4.69, 9.17) is 10.5 Å². The monoisotopic (exact) mass is 306 g/mol. The number of nitrogens with one attached hydrogen (secondary N) is 1. The number of ether oxygens (including phenoxy) is 1. The number of nitrogen functional groups attached to an aromatic ring is 1. The molecule has 1 heterocycles. The van der Waals surface area contributed by atoms with Crippen LogP contribution in [-0.4, -0.2) is 28.1 Å². The highest BCUT2D eigenvalue weighted by atomic mass is 16.6. The molecule has 1 aromatic heterocycles. The van der Waals surface area contributed by atoms with Gasteiger partial charge in [-0.15, -0.1) is 0 Å². The molecule has 0 radical (unpaired) electrons. The second kappa shape index (κ2) is 6.76. The number of pyridine rings is 1. The number of carbonyl (C=O) groups is 1. The summed E-state index contributed by atoms with van der Waals surface area (Å²) in [4.78, 5) is 25.5. The Hall–Kier alpha value is -2.82. The van der Waals surface area contributed by atoms with Crippen molar-refractivity contribution in [1.82, 2.24) is 10.3 Å². The van der Waals surface area contributed by atoms with E-state index in [1.807, 2.05) is 0 Å². The van der Waals surface area contributed by atoms with E-state index >= 15 is 0 Å². The van der Waals surface area contributed by atoms with Crippen molar-refractivity contribution >= 4 is 17.6 Å². The molecule has 0 aromatic carbocycles. The van der Waals surface area contributed by atoms with Gasteiger partial charge in [-0.25, -0.2) is 9.78 Å². The van der Waals surface area contributed by atoms with Crippen molar-refractivity contribution in [1.29, 1.82) is 0 Å². The van der Waals surface area contributed by atoms with Crippen molar-refractivity contribution in [2.75, 3.05) is 12.3 Å². The number of nitro groups is 1. The lowest BCUT2D eigenvalue weighted by atomic mass is 10.1. The van der Waals surface area contributed by atoms with E-state index in [1.165, 1.54) is 6.20 Å². The van der Waals surface area contributed by atoms with Crippen LogP contribution < -0.4 is 11.1 Å². The summed E-state index contributed by atoms with van der Waals surface area (Å²) in [5.41, 5.74) is 5.34. The molecule has 0 aliphatic heterocycles. The average Bonchev–Trinajstić information content (AvgIpc) is 2.34. The fourth-order valence-corrected chi connectivity index (χ4v) is 1.54. The van der Waals surface area contributed by atoms with Crippen LogP contribution in [0, 0.1) is 28.9 Å². The number of hydrogen-bond donors (Lipinski definition) is 2. The Kier molecular flexibility index (Phi) is 5.29. The Balaban J connectivity index is 2.76. The smallest absolute Gasteiger partial charge is 0.408 e. The molecular weight excluding hydrogens is 288 g/mol. The second-order valence-corrected chi connectivity index (χ2v) is 5.45. The van der Waals surface area contributed by atoms with Crippen LogP contribution in [-0.2, 0) is 4.74 Å². The van der Waals surface area contributed by atoms with Crippen LogP contribution in [0.2, 0.25) is 0 Å². The van der Waals surface area contributed by atoms with Crippen LogP contribution in [0.1, 0.15) is 31.9 Å². The van der Waals surface area contributed by atoms with Gasteiger partial charge in [0.25, 0.3) is 0 Å². The molecule has 0 saturated heterocycles. The van der Waals surface area contributed by atoms with E-state index in [0.717, 1.165) is 0 Å². The minimum absolute atomic E-state index is 0.0481. The van der Waals surface area contributed by atoms with E-state index in [1.54, 1.807) is 27.7 Å². The predicted molar refractivity (Wildman–Crippen MR) is 81.2 cm³/mol. The van der Waals surface area contributed by atoms with Crippen molar-refractivity contribution in [3.8, 4) is 11.8 Å². The summed E-state index contributed by atoms with van der Waals surface area (Å²) >= 11 is 0. The number of amides is 1. The molecule has 8 nitrogen and oxygen atoms in total. The second-order valence-electron chi connectivity index (χ2n) is 5.45. The topological polar surface area (TPSA) is 120 Å². The quantitative estimate of drug-likeness (QED) is 0.488. The lowest BCUT2D eigenvalue weighted by molar-refractivity contribution is -0.384. The molecule has 0 aliphatic rings. The van der Waals surface area contributed by atoms with Crippen molar-refractivity contribution < 1.29 is 14.5 Å². The van der Waals surface area contributed by atoms with Gasteiger partial charge in [0.2, 0.25) is 5.82 Å². The highest BCUT2D eigenvalue weighted by molar-refractivity contribution is 5.68. The third kappa shape index (κ3) is 4.94. The van der Waals surface area contributed by atoms with Crippen molar-refractivity contribution in [2.24, 2.45) is 0 Å². The molecule has 0 bridgehead atoms. The number of rotatable bonds is 2. The summed E-state index contributed by atoms with van der Waals surface area (Å²) in [6, 6.07) is 0. The summed E-state index contributed by atoms with van der Waals surface area (Å²) in [6.07, 6.45) is 0.776. The van der Waals surface area contributed by atoms with Crippen LogP contribution in [0.25, 0.3) is 0 Å². The Bertz CT molecular complexity index is 653. The molecule has 0 saturated carbocycles. The van der Waals surface area contributed by atoms with Crippen LogP contribution in [0.5, 0.6) is 0 Å². The van der Waals surface area contributed by atoms with Gasteiger partial charge in [-0.1, -0.05) is 11.8 Å². The van der Waals surface area contributed by atoms with E-state index in [-0.39, 0.29) is 18.1 Å². The fraction of sp³-hybridized carbons (Fsp3) is 0.429. The maximum atomic E-state index is 11.4. The largest absolute Gasteiger partial charge is 0.444 e. The maximum Gasteiger partial charge on any atom is 0.408 e. The summed E-state index contributed by atoms with van der Waals surface area (Å²) < 4.78 is 5.04. The van der Waals surface area contributed by atoms with Gasteiger partial charge < -0.3 is 15.8 Å². The van der Waals surface area contributed by atoms with E-state index in [0.29, 0.717) is 11.1 Å². The van der Waals surface area contributed by atoms with E-state index in [9.17, 15) is 14.9 Å². The molecule has 1 rings (SSSR count). The molecule has 118 valence electrons. The molecule has 8 heteroatoms. The normalized spacial score (nSPS) is 10.4. The zero-order valence-corrected chi connectivity index (χ0v) is 12.9. The predicted octanol–water partition coefficient (Wildman–Crippen LogP) is 1.76. The first-order valence-corrected chi connectivity index (χ1v) is 6.47. The minimum Gasteiger partial charge on any atom is -0.444 e. The van der Waals surface area contributed by atoms with Gasteiger partial charge in [0.05, 0.1) is 17.0 Å². The molecule has 0 spiro atoms. The molecule has 22 heavy (non-hydrogen) atoms. The molecule has 3 N–H and O–H groups in total. The number of carbonyl (C=O) groups excluding carboxylic acids is 1. The first-order valence-electron chi connectivity index (χ1n) is 6.47. The van der Waals surface area contributed by atoms with Gasteiger partial charge >= 0.3 is 11.8 Å². The Morgan fingerprint density at radius 2 is 2.18 bits per heavy atom. The lowest BCUT2D eigenvalue weighted by Gasteiger charge is -2.19. The van der Waals surface area contributed by atoms with Crippen LogP contribution >= 0.6 is 0 Å². The molecular formula is C14H18N4O4. The SMILES string of the molecule is Cc1c(C#CCNC(=O)OC(C)(C)C)cnc(N)c1[N+](=O)[O-]. The molecule has 1 amide bonds. The molecule has 0 unspecified atom stereocenters. The molecule has 0 aliphatic carbocycles. The van der Waals surface area contributed by atoms with Crippen LogP contribution in [0.3, 0.4) is 0 Å². The van der Waals surface area contributed by atoms with Crippen LogP contribution in [0.4, 0.5) is 16.3 Å². The van der Waals surface area contributed by atoms with Crippen molar-refractivity contribution in [3.63, 3.8) is 0 Å². The number of aromatic nitrogens is 1. The lowest BCUT2D eigenvalue weighted by Crippen LogP contribution is -2.32. The van der Waals surface area contributed by atoms with Gasteiger partial charge in [0.15, 0.2) is 0 Å². The molecule has 0 fully saturated rings. The summed E-state index contributed by atoms with van der Waals surface area (Å²) in [5.74, 6) is 5.24. The summed E-state index contributed by atoms with van der Waals surface area (Å²) in [7, 11) is 0. The van der Waals surface area contributed by atoms with Gasteiger partial charge in [-0.05, 0) is 27.7 Å². The molecule has 0 atom stereocenters. The highest BCUT2D eigenvalue weighted by Crippen LogP contribution is 2.25. The number of hydrogen-bond acceptors (Lipinski definition) is 6. The van der Waals surface area contributed by atoms with Gasteiger partial charge in [0, 0.05) is 11.8 Å². The number of nitrogens with two attached hydrogens (primary N) is 1. The highest BCUT2D eigenvalue weighted by Gasteiger charge is 2.19. The van der Waals surface area contributed by atoms with Crippen molar-refractivity contribution in [2.45, 2.75) is 33.3 Å². The zero-order valence-electron chi connectivity index (χ0n) is 12.9. The number of nitrogens with zero attached hydrogens (tertiary/aromatic N) is 2. The number of alkyl carbamates (subject to hydrolysis) is 1.